The molecule has 0 aliphatic heterocycles. The molecule has 4 nitrogen and oxygen atoms in total. The molecule has 2 N–H and O–H groups in total. The van der Waals surface area contributed by atoms with Crippen molar-refractivity contribution in [2.24, 2.45) is 10.9 Å². The first kappa shape index (κ1) is 20.2. The molecule has 0 heterocycles. The standard InChI is InChI=1S/C17H27FN4.HI/c1-4-19-17(20-11-14-7-5-6-8-15(14)18)21-12-16(22(2)3)13-9-10-13;/h5-8,13,16H,4,9-12H2,1-3H3,(H2,19,20,21);1H. The molecule has 2 rings (SSSR count). The molecule has 23 heavy (non-hydrogen) atoms. The van der Waals surface area contributed by atoms with Crippen molar-refractivity contribution in [3.63, 3.8) is 0 Å². The van der Waals surface area contributed by atoms with Crippen molar-refractivity contribution >= 4 is 29.9 Å². The van der Waals surface area contributed by atoms with Crippen molar-refractivity contribution in [3.05, 3.63) is 35.6 Å². The van der Waals surface area contributed by atoms with E-state index >= 15 is 0 Å². The van der Waals surface area contributed by atoms with Gasteiger partial charge in [0, 0.05) is 24.7 Å². The highest BCUT2D eigenvalue weighted by Crippen LogP contribution is 2.34. The number of benzene rings is 1. The molecule has 0 amide bonds. The van der Waals surface area contributed by atoms with Crippen LogP contribution in [0.3, 0.4) is 0 Å². The van der Waals surface area contributed by atoms with Gasteiger partial charge >= 0.3 is 0 Å². The zero-order valence-corrected chi connectivity index (χ0v) is 16.5. The van der Waals surface area contributed by atoms with Crippen LogP contribution in [-0.4, -0.2) is 44.1 Å². The van der Waals surface area contributed by atoms with Crippen molar-refractivity contribution in [3.8, 4) is 0 Å². The van der Waals surface area contributed by atoms with Crippen LogP contribution in [0, 0.1) is 11.7 Å². The molecule has 1 aromatic rings. The zero-order valence-electron chi connectivity index (χ0n) is 14.2. The fraction of sp³-hybridized carbons (Fsp3) is 0.588. The van der Waals surface area contributed by atoms with Gasteiger partial charge in [0.05, 0.1) is 6.54 Å². The van der Waals surface area contributed by atoms with Crippen LogP contribution in [0.15, 0.2) is 29.3 Å². The Kier molecular flexibility index (Phi) is 8.83. The Hall–Kier alpha value is -0.890. The number of likely N-dealkylation sites (N-methyl/N-ethyl adjacent to an activating group) is 1. The maximum absolute atomic E-state index is 13.6. The number of nitrogens with zero attached hydrogens (tertiary/aromatic N) is 2. The van der Waals surface area contributed by atoms with Gasteiger partial charge < -0.3 is 15.5 Å². The monoisotopic (exact) mass is 434 g/mol. The van der Waals surface area contributed by atoms with Crippen LogP contribution in [0.5, 0.6) is 0 Å². The first-order valence-electron chi connectivity index (χ1n) is 8.03. The molecule has 0 radical (unpaired) electrons. The summed E-state index contributed by atoms with van der Waals surface area (Å²) in [6, 6.07) is 7.31. The summed E-state index contributed by atoms with van der Waals surface area (Å²) in [6.45, 7) is 4.03. The Labute approximate surface area is 156 Å². The van der Waals surface area contributed by atoms with Gasteiger partial charge in [-0.25, -0.2) is 9.38 Å². The second-order valence-corrected chi connectivity index (χ2v) is 6.04. The van der Waals surface area contributed by atoms with Crippen LogP contribution in [0.4, 0.5) is 4.39 Å². The van der Waals surface area contributed by atoms with E-state index in [4.69, 9.17) is 0 Å². The molecule has 1 fully saturated rings. The molecule has 1 atom stereocenters. The van der Waals surface area contributed by atoms with Crippen LogP contribution in [-0.2, 0) is 6.54 Å². The van der Waals surface area contributed by atoms with Crippen LogP contribution >= 0.6 is 24.0 Å². The van der Waals surface area contributed by atoms with Gasteiger partial charge in [-0.2, -0.15) is 0 Å². The number of rotatable bonds is 7. The third kappa shape index (κ3) is 6.63. The molecule has 1 saturated carbocycles. The highest BCUT2D eigenvalue weighted by Gasteiger charge is 2.32. The van der Waals surface area contributed by atoms with Crippen molar-refractivity contribution < 1.29 is 4.39 Å². The van der Waals surface area contributed by atoms with Gasteiger partial charge in [-0.05, 0) is 45.8 Å². The minimum atomic E-state index is -0.203. The molecular weight excluding hydrogens is 406 g/mol. The second kappa shape index (κ2) is 10.1. The van der Waals surface area contributed by atoms with Crippen molar-refractivity contribution in [2.75, 3.05) is 27.2 Å². The molecule has 0 saturated heterocycles. The van der Waals surface area contributed by atoms with Gasteiger partial charge in [0.1, 0.15) is 5.82 Å². The predicted octanol–water partition coefficient (Wildman–Crippen LogP) is 2.84. The van der Waals surface area contributed by atoms with E-state index in [0.29, 0.717) is 18.2 Å². The molecule has 0 spiro atoms. The van der Waals surface area contributed by atoms with E-state index in [1.54, 1.807) is 12.1 Å². The van der Waals surface area contributed by atoms with E-state index in [0.717, 1.165) is 25.0 Å². The van der Waals surface area contributed by atoms with Gasteiger partial charge in [-0.1, -0.05) is 18.2 Å². The van der Waals surface area contributed by atoms with E-state index in [-0.39, 0.29) is 29.8 Å². The Bertz CT molecular complexity index is 501. The van der Waals surface area contributed by atoms with Crippen LogP contribution in [0.2, 0.25) is 0 Å². The fourth-order valence-corrected chi connectivity index (χ4v) is 2.59. The summed E-state index contributed by atoms with van der Waals surface area (Å²) in [6.07, 6.45) is 2.63. The molecule has 0 bridgehead atoms. The smallest absolute Gasteiger partial charge is 0.191 e. The second-order valence-electron chi connectivity index (χ2n) is 6.04. The molecule has 6 heteroatoms. The molecule has 1 aliphatic rings. The maximum atomic E-state index is 13.6. The fourth-order valence-electron chi connectivity index (χ4n) is 2.59. The number of hydrogen-bond donors (Lipinski definition) is 2. The van der Waals surface area contributed by atoms with Crippen molar-refractivity contribution in [1.29, 1.82) is 0 Å². The maximum Gasteiger partial charge on any atom is 0.191 e. The Morgan fingerprint density at radius 3 is 2.57 bits per heavy atom. The summed E-state index contributed by atoms with van der Waals surface area (Å²) in [7, 11) is 4.24. The van der Waals surface area contributed by atoms with E-state index in [2.05, 4.69) is 34.6 Å². The lowest BCUT2D eigenvalue weighted by atomic mass is 10.1. The number of guanidine groups is 1. The lowest BCUT2D eigenvalue weighted by molar-refractivity contribution is 0.264. The molecular formula is C17H28FIN4. The van der Waals surface area contributed by atoms with Crippen molar-refractivity contribution in [1.82, 2.24) is 15.5 Å². The number of hydrogen-bond acceptors (Lipinski definition) is 2. The minimum Gasteiger partial charge on any atom is -0.357 e. The largest absolute Gasteiger partial charge is 0.357 e. The lowest BCUT2D eigenvalue weighted by Gasteiger charge is -2.25. The van der Waals surface area contributed by atoms with Gasteiger partial charge in [0.2, 0.25) is 0 Å². The van der Waals surface area contributed by atoms with Gasteiger partial charge in [0.15, 0.2) is 5.96 Å². The summed E-state index contributed by atoms with van der Waals surface area (Å²) in [5, 5.41) is 6.61. The Balaban J connectivity index is 0.00000264. The normalized spacial score (nSPS) is 16.0. The molecule has 1 aromatic carbocycles. The van der Waals surface area contributed by atoms with Gasteiger partial charge in [-0.15, -0.1) is 24.0 Å². The lowest BCUT2D eigenvalue weighted by Crippen LogP contribution is -2.46. The molecule has 1 aliphatic carbocycles. The highest BCUT2D eigenvalue weighted by atomic mass is 127. The zero-order chi connectivity index (χ0) is 15.9. The highest BCUT2D eigenvalue weighted by molar-refractivity contribution is 14.0. The van der Waals surface area contributed by atoms with E-state index in [9.17, 15) is 4.39 Å². The van der Waals surface area contributed by atoms with Gasteiger partial charge in [-0.3, -0.25) is 0 Å². The van der Waals surface area contributed by atoms with Crippen LogP contribution < -0.4 is 10.6 Å². The van der Waals surface area contributed by atoms with E-state index in [1.165, 1.54) is 18.9 Å². The third-order valence-electron chi connectivity index (χ3n) is 4.02. The van der Waals surface area contributed by atoms with E-state index < -0.39 is 0 Å². The van der Waals surface area contributed by atoms with Crippen LogP contribution in [0.1, 0.15) is 25.3 Å². The number of halogens is 2. The average molecular weight is 434 g/mol. The predicted molar refractivity (Wildman–Crippen MR) is 105 cm³/mol. The third-order valence-corrected chi connectivity index (χ3v) is 4.02. The first-order chi connectivity index (χ1) is 10.6. The molecule has 0 aromatic heterocycles. The summed E-state index contributed by atoms with van der Waals surface area (Å²) < 4.78 is 13.6. The van der Waals surface area contributed by atoms with E-state index in [1.807, 2.05) is 13.0 Å². The van der Waals surface area contributed by atoms with Crippen LogP contribution in [0.25, 0.3) is 0 Å². The summed E-state index contributed by atoms with van der Waals surface area (Å²) >= 11 is 0. The quantitative estimate of drug-likeness (QED) is 0.394. The summed E-state index contributed by atoms with van der Waals surface area (Å²) in [4.78, 5) is 6.76. The van der Waals surface area contributed by atoms with Gasteiger partial charge in [0.25, 0.3) is 0 Å². The first-order valence-corrected chi connectivity index (χ1v) is 8.03. The summed E-state index contributed by atoms with van der Waals surface area (Å²) in [5.74, 6) is 1.33. The number of nitrogens with one attached hydrogen (secondary N) is 2. The summed E-state index contributed by atoms with van der Waals surface area (Å²) in [5.41, 5.74) is 0.617. The minimum absolute atomic E-state index is 0. The topological polar surface area (TPSA) is 39.7 Å². The SMILES string of the molecule is CCNC(=NCc1ccccc1F)NCC(C1CC1)N(C)C.I. The average Bonchev–Trinajstić information content (AvgIpc) is 3.30. The van der Waals surface area contributed by atoms with Crippen molar-refractivity contribution in [2.45, 2.75) is 32.4 Å². The molecule has 130 valence electrons. The molecule has 1 unspecified atom stereocenters. The number of aliphatic imine (C=N–C) groups is 1. The Morgan fingerprint density at radius 2 is 2.00 bits per heavy atom. The Morgan fingerprint density at radius 1 is 1.30 bits per heavy atom.